The molecule has 2 bridgehead atoms. The van der Waals surface area contributed by atoms with E-state index in [0.717, 1.165) is 10.6 Å². The molecular formula is C41H63N5O8S. The zero-order valence-corrected chi connectivity index (χ0v) is 34.9. The summed E-state index contributed by atoms with van der Waals surface area (Å²) in [7, 11) is 1.56. The predicted molar refractivity (Wildman–Crippen MR) is 214 cm³/mol. The first-order valence-electron chi connectivity index (χ1n) is 19.8. The molecular weight excluding hydrogens is 723 g/mol. The number of carbonyl (C=O) groups is 5. The Bertz CT molecular complexity index is 1550. The van der Waals surface area contributed by atoms with Crippen LogP contribution < -0.4 is 20.7 Å². The Morgan fingerprint density at radius 3 is 2.31 bits per heavy atom. The van der Waals surface area contributed by atoms with E-state index in [1.165, 1.54) is 11.8 Å². The van der Waals surface area contributed by atoms with Crippen LogP contribution in [-0.2, 0) is 35.1 Å². The van der Waals surface area contributed by atoms with Crippen molar-refractivity contribution in [3.8, 4) is 5.75 Å². The van der Waals surface area contributed by atoms with Crippen LogP contribution in [0.15, 0.2) is 29.3 Å². The zero-order chi connectivity index (χ0) is 40.6. The molecule has 4 rings (SSSR count). The zero-order valence-electron chi connectivity index (χ0n) is 34.1. The van der Waals surface area contributed by atoms with Gasteiger partial charge in [-0.1, -0.05) is 60.6 Å². The lowest BCUT2D eigenvalue weighted by molar-refractivity contribution is -0.164. The van der Waals surface area contributed by atoms with Gasteiger partial charge in [-0.05, 0) is 74.0 Å². The Morgan fingerprint density at radius 2 is 1.67 bits per heavy atom. The van der Waals surface area contributed by atoms with Crippen molar-refractivity contribution < 1.29 is 38.6 Å². The Balaban J connectivity index is 1.61. The van der Waals surface area contributed by atoms with Gasteiger partial charge in [-0.25, -0.2) is 4.79 Å². The van der Waals surface area contributed by atoms with Gasteiger partial charge in [0.15, 0.2) is 0 Å². The van der Waals surface area contributed by atoms with E-state index in [1.54, 1.807) is 31.0 Å². The molecule has 3 aliphatic heterocycles. The number of rotatable bonds is 4. The van der Waals surface area contributed by atoms with E-state index in [4.69, 9.17) is 14.5 Å². The Labute approximate surface area is 330 Å². The van der Waals surface area contributed by atoms with Gasteiger partial charge in [0, 0.05) is 31.1 Å². The minimum Gasteiger partial charge on any atom is -0.497 e. The molecule has 3 aliphatic rings. The van der Waals surface area contributed by atoms with Crippen LogP contribution in [0.2, 0.25) is 0 Å². The fourth-order valence-corrected chi connectivity index (χ4v) is 8.52. The van der Waals surface area contributed by atoms with Gasteiger partial charge < -0.3 is 35.4 Å². The number of hydrogen-bond donors (Lipinski definition) is 4. The molecule has 4 amide bonds. The summed E-state index contributed by atoms with van der Waals surface area (Å²) in [5.41, 5.74) is 0.383. The smallest absolute Gasteiger partial charge is 0.329 e. The maximum atomic E-state index is 14.1. The van der Waals surface area contributed by atoms with Crippen LogP contribution in [0.25, 0.3) is 0 Å². The summed E-state index contributed by atoms with van der Waals surface area (Å²) in [4.78, 5) is 75.0. The number of amides is 4. The molecule has 0 spiro atoms. The number of nitrogens with one attached hydrogen (secondary N) is 3. The largest absolute Gasteiger partial charge is 0.497 e. The van der Waals surface area contributed by atoms with Crippen molar-refractivity contribution in [2.45, 2.75) is 143 Å². The third-order valence-electron chi connectivity index (χ3n) is 10.9. The number of cyclic esters (lactones) is 1. The van der Waals surface area contributed by atoms with Gasteiger partial charge in [-0.3, -0.25) is 24.2 Å². The van der Waals surface area contributed by atoms with Gasteiger partial charge in [-0.2, -0.15) is 0 Å². The summed E-state index contributed by atoms with van der Waals surface area (Å²) in [5, 5.41) is 20.6. The SMILES string of the molecule is COc1ccc(C[C@@H]2NC(=O)CC[C@@H]3CSC(=N3)[C@@H](C)[C@@H](O)C[C@H](C)C[C@@H](C(C)(C)C)OC(=O)[C@@H]3CCCN3C(=O)[C@H](C(C)C)NC(=O)[C@H](C)NC2=O)cc1. The van der Waals surface area contributed by atoms with Gasteiger partial charge in [-0.15, -0.1) is 11.8 Å². The van der Waals surface area contributed by atoms with E-state index < -0.39 is 59.6 Å². The molecule has 1 aromatic rings. The van der Waals surface area contributed by atoms with Crippen LogP contribution in [0.1, 0.15) is 99.5 Å². The Kier molecular flexibility index (Phi) is 15.6. The van der Waals surface area contributed by atoms with Crippen molar-refractivity contribution in [3.63, 3.8) is 0 Å². The highest BCUT2D eigenvalue weighted by atomic mass is 32.2. The molecule has 1 fully saturated rings. The van der Waals surface area contributed by atoms with Gasteiger partial charge in [0.1, 0.15) is 36.0 Å². The highest BCUT2D eigenvalue weighted by Gasteiger charge is 2.42. The molecule has 4 N–H and O–H groups in total. The maximum Gasteiger partial charge on any atom is 0.329 e. The standard InChI is InChI=1S/C41H63N5O8S/c1-23(2)35-39(51)46-18-10-11-31(46)40(52)54-33(41(6,7)8)20-24(3)19-32(47)25(4)38-43-28(22-55-38)14-17-34(48)44-30(37(50)42-26(5)36(49)45-35)21-27-12-15-29(53-9)16-13-27/h12-13,15-16,23-26,28,30-33,35,47H,10-11,14,17-22H2,1-9H3,(H,42,50)(H,44,48)(H,45,49)/t24-,25-,26-,28+,30-,31-,32-,33-,35-/m0/s1. The summed E-state index contributed by atoms with van der Waals surface area (Å²) < 4.78 is 11.5. The predicted octanol–water partition coefficient (Wildman–Crippen LogP) is 4.04. The van der Waals surface area contributed by atoms with E-state index in [1.807, 2.05) is 60.6 Å². The van der Waals surface area contributed by atoms with Crippen molar-refractivity contribution in [1.82, 2.24) is 20.9 Å². The van der Waals surface area contributed by atoms with Crippen LogP contribution >= 0.6 is 11.8 Å². The highest BCUT2D eigenvalue weighted by Crippen LogP contribution is 2.34. The van der Waals surface area contributed by atoms with Crippen molar-refractivity contribution in [1.29, 1.82) is 0 Å². The quantitative estimate of drug-likeness (QED) is 0.329. The first-order valence-corrected chi connectivity index (χ1v) is 20.8. The number of nitrogens with zero attached hydrogens (tertiary/aromatic N) is 2. The number of methoxy groups -OCH3 is 1. The van der Waals surface area contributed by atoms with E-state index in [0.29, 0.717) is 50.2 Å². The minimum atomic E-state index is -1.04. The summed E-state index contributed by atoms with van der Waals surface area (Å²) in [6.45, 7) is 15.6. The van der Waals surface area contributed by atoms with E-state index >= 15 is 0 Å². The molecule has 0 unspecified atom stereocenters. The number of esters is 1. The van der Waals surface area contributed by atoms with Crippen LogP contribution in [0.3, 0.4) is 0 Å². The molecule has 1 aromatic carbocycles. The lowest BCUT2D eigenvalue weighted by Gasteiger charge is -2.35. The van der Waals surface area contributed by atoms with E-state index in [9.17, 15) is 29.1 Å². The Hall–Kier alpha value is -3.65. The van der Waals surface area contributed by atoms with Crippen LogP contribution in [0.4, 0.5) is 0 Å². The maximum absolute atomic E-state index is 14.1. The van der Waals surface area contributed by atoms with Crippen LogP contribution in [0, 0.1) is 23.2 Å². The molecule has 0 aromatic heterocycles. The molecule has 1 saturated heterocycles. The average molecular weight is 786 g/mol. The minimum absolute atomic E-state index is 0.0152. The summed E-state index contributed by atoms with van der Waals surface area (Å²) in [6, 6.07) is 3.28. The lowest BCUT2D eigenvalue weighted by atomic mass is 9.81. The third kappa shape index (κ3) is 12.2. The summed E-state index contributed by atoms with van der Waals surface area (Å²) >= 11 is 1.59. The number of thioether (sulfide) groups is 1. The summed E-state index contributed by atoms with van der Waals surface area (Å²) in [6.07, 6.45) is 1.72. The number of aliphatic imine (C=N–C) groups is 1. The monoisotopic (exact) mass is 785 g/mol. The van der Waals surface area contributed by atoms with Crippen molar-refractivity contribution in [2.24, 2.45) is 28.2 Å². The molecule has 306 valence electrons. The number of fused-ring (bicyclic) bond motifs is 2. The molecule has 9 atom stereocenters. The van der Waals surface area contributed by atoms with Gasteiger partial charge in [0.2, 0.25) is 23.6 Å². The number of aliphatic hydroxyl groups is 1. The third-order valence-corrected chi connectivity index (χ3v) is 12.3. The van der Waals surface area contributed by atoms with Gasteiger partial charge >= 0.3 is 5.97 Å². The van der Waals surface area contributed by atoms with Crippen molar-refractivity contribution in [2.75, 3.05) is 19.4 Å². The molecule has 13 nitrogen and oxygen atoms in total. The van der Waals surface area contributed by atoms with Crippen molar-refractivity contribution in [3.05, 3.63) is 29.8 Å². The van der Waals surface area contributed by atoms with Crippen molar-refractivity contribution >= 4 is 46.4 Å². The first-order chi connectivity index (χ1) is 25.9. The number of hydrogen-bond acceptors (Lipinski definition) is 10. The number of aliphatic hydroxyl groups excluding tert-OH is 1. The number of carbonyl (C=O) groups excluding carboxylic acids is 5. The molecule has 14 heteroatoms. The summed E-state index contributed by atoms with van der Waals surface area (Å²) in [5.74, 6) is -1.46. The second kappa shape index (κ2) is 19.5. The second-order valence-corrected chi connectivity index (χ2v) is 18.1. The molecule has 55 heavy (non-hydrogen) atoms. The highest BCUT2D eigenvalue weighted by molar-refractivity contribution is 8.14. The van der Waals surface area contributed by atoms with E-state index in [2.05, 4.69) is 16.0 Å². The fraction of sp³-hybridized carbons (Fsp3) is 0.707. The lowest BCUT2D eigenvalue weighted by Crippen LogP contribution is -2.58. The topological polar surface area (TPSA) is 176 Å². The van der Waals surface area contributed by atoms with Gasteiger partial charge in [0.05, 0.1) is 24.3 Å². The number of benzene rings is 1. The second-order valence-electron chi connectivity index (χ2n) is 17.0. The molecule has 0 saturated carbocycles. The first kappa shape index (κ1) is 44.1. The Morgan fingerprint density at radius 1 is 0.982 bits per heavy atom. The molecule has 0 radical (unpaired) electrons. The average Bonchev–Trinajstić information content (AvgIpc) is 3.82. The van der Waals surface area contributed by atoms with Crippen LogP contribution in [0.5, 0.6) is 5.75 Å². The van der Waals surface area contributed by atoms with Gasteiger partial charge in [0.25, 0.3) is 0 Å². The number of ether oxygens (including phenoxy) is 2. The normalized spacial score (nSPS) is 31.3. The van der Waals surface area contributed by atoms with E-state index in [-0.39, 0.29) is 48.5 Å². The fourth-order valence-electron chi connectivity index (χ4n) is 7.27. The molecule has 3 heterocycles. The van der Waals surface area contributed by atoms with Crippen LogP contribution in [-0.4, -0.2) is 106 Å². The molecule has 0 aliphatic carbocycles.